The Hall–Kier alpha value is -2.10. The fourth-order valence-corrected chi connectivity index (χ4v) is 3.27. The second-order valence-corrected chi connectivity index (χ2v) is 5.06. The van der Waals surface area contributed by atoms with Crippen molar-refractivity contribution >= 4 is 22.8 Å². The first-order valence-corrected chi connectivity index (χ1v) is 6.48. The largest absolute Gasteiger partial charge is 0.464 e. The lowest BCUT2D eigenvalue weighted by Crippen LogP contribution is -2.16. The molecule has 0 saturated carbocycles. The van der Waals surface area contributed by atoms with Gasteiger partial charge in [0.05, 0.1) is 5.52 Å². The lowest BCUT2D eigenvalue weighted by atomic mass is 9.93. The summed E-state index contributed by atoms with van der Waals surface area (Å²) in [6, 6.07) is 7.22. The Kier molecular flexibility index (Phi) is 2.49. The minimum Gasteiger partial charge on any atom is -0.464 e. The van der Waals surface area contributed by atoms with Crippen LogP contribution in [-0.4, -0.2) is 21.6 Å². The van der Waals surface area contributed by atoms with Gasteiger partial charge in [0.2, 0.25) is 0 Å². The van der Waals surface area contributed by atoms with Crippen LogP contribution >= 0.6 is 0 Å². The summed E-state index contributed by atoms with van der Waals surface area (Å²) < 4.78 is 1.29. The van der Waals surface area contributed by atoms with E-state index in [1.807, 2.05) is 26.0 Å². The highest BCUT2D eigenvalue weighted by molar-refractivity contribution is 6.15. The lowest BCUT2D eigenvalue weighted by molar-refractivity contribution is 0.0933. The number of Topliss-reactive ketones (excluding diaryl/α,β-unsaturated/α-hetero) is 1. The van der Waals surface area contributed by atoms with Crippen molar-refractivity contribution in [3.63, 3.8) is 0 Å². The summed E-state index contributed by atoms with van der Waals surface area (Å²) in [4.78, 5) is 24.0. The third-order valence-corrected chi connectivity index (χ3v) is 4.16. The number of carboxylic acid groups (broad SMARTS) is 1. The number of aromatic nitrogens is 1. The maximum Gasteiger partial charge on any atom is 0.416 e. The van der Waals surface area contributed by atoms with Crippen molar-refractivity contribution in [2.75, 3.05) is 0 Å². The van der Waals surface area contributed by atoms with Crippen LogP contribution in [0.15, 0.2) is 24.3 Å². The summed E-state index contributed by atoms with van der Waals surface area (Å²) in [5.74, 6) is -0.0748. The zero-order valence-corrected chi connectivity index (χ0v) is 10.9. The van der Waals surface area contributed by atoms with E-state index in [2.05, 4.69) is 0 Å². The standard InChI is InChI=1S/C15H15NO3/c1-3-9-8(2)14(17)12-10-6-4-5-7-11(10)16(13(9)12)15(18)19/h4-9H,3H2,1-2H3,(H,18,19). The first kappa shape index (κ1) is 12.0. The van der Waals surface area contributed by atoms with Crippen molar-refractivity contribution in [3.8, 4) is 0 Å². The molecule has 1 aromatic heterocycles. The molecule has 0 amide bonds. The molecular formula is C15H15NO3. The summed E-state index contributed by atoms with van der Waals surface area (Å²) in [5.41, 5.74) is 1.89. The van der Waals surface area contributed by atoms with Crippen LogP contribution in [0.5, 0.6) is 0 Å². The topological polar surface area (TPSA) is 59.3 Å². The van der Waals surface area contributed by atoms with Crippen LogP contribution in [0.2, 0.25) is 0 Å². The molecule has 2 unspecified atom stereocenters. The van der Waals surface area contributed by atoms with Gasteiger partial charge < -0.3 is 5.11 Å². The maximum atomic E-state index is 12.4. The third-order valence-electron chi connectivity index (χ3n) is 4.16. The van der Waals surface area contributed by atoms with Crippen molar-refractivity contribution in [1.29, 1.82) is 0 Å². The van der Waals surface area contributed by atoms with Gasteiger partial charge >= 0.3 is 6.09 Å². The molecule has 0 bridgehead atoms. The number of carbonyl (C=O) groups excluding carboxylic acids is 1. The summed E-state index contributed by atoms with van der Waals surface area (Å²) in [7, 11) is 0. The molecule has 0 radical (unpaired) electrons. The molecule has 0 fully saturated rings. The minimum atomic E-state index is -1.02. The molecule has 0 spiro atoms. The summed E-state index contributed by atoms with van der Waals surface area (Å²) in [6.45, 7) is 3.88. The van der Waals surface area contributed by atoms with Gasteiger partial charge in [0.25, 0.3) is 0 Å². The van der Waals surface area contributed by atoms with Crippen LogP contribution in [-0.2, 0) is 0 Å². The second-order valence-electron chi connectivity index (χ2n) is 5.06. The number of hydrogen-bond donors (Lipinski definition) is 1. The van der Waals surface area contributed by atoms with E-state index in [-0.39, 0.29) is 17.6 Å². The van der Waals surface area contributed by atoms with E-state index in [0.29, 0.717) is 16.8 Å². The highest BCUT2D eigenvalue weighted by atomic mass is 16.4. The van der Waals surface area contributed by atoms with E-state index in [9.17, 15) is 14.7 Å². The van der Waals surface area contributed by atoms with E-state index in [1.165, 1.54) is 4.57 Å². The number of ketones is 1. The van der Waals surface area contributed by atoms with E-state index in [1.54, 1.807) is 12.1 Å². The van der Waals surface area contributed by atoms with E-state index >= 15 is 0 Å². The van der Waals surface area contributed by atoms with Gasteiger partial charge in [0.15, 0.2) is 5.78 Å². The molecule has 1 N–H and O–H groups in total. The third kappa shape index (κ3) is 1.40. The van der Waals surface area contributed by atoms with Gasteiger partial charge in [-0.1, -0.05) is 32.0 Å². The molecule has 1 heterocycles. The van der Waals surface area contributed by atoms with Crippen LogP contribution in [0.4, 0.5) is 4.79 Å². The highest BCUT2D eigenvalue weighted by Gasteiger charge is 2.41. The van der Waals surface area contributed by atoms with E-state index in [0.717, 1.165) is 11.8 Å². The Morgan fingerprint density at radius 1 is 1.37 bits per heavy atom. The summed E-state index contributed by atoms with van der Waals surface area (Å²) >= 11 is 0. The van der Waals surface area contributed by atoms with E-state index in [4.69, 9.17) is 0 Å². The normalized spacial score (nSPS) is 21.9. The molecule has 2 aromatic rings. The molecule has 0 saturated heterocycles. The Morgan fingerprint density at radius 3 is 2.68 bits per heavy atom. The number of fused-ring (bicyclic) bond motifs is 3. The van der Waals surface area contributed by atoms with Crippen molar-refractivity contribution in [1.82, 2.24) is 4.57 Å². The van der Waals surface area contributed by atoms with E-state index < -0.39 is 6.09 Å². The van der Waals surface area contributed by atoms with Crippen molar-refractivity contribution in [2.24, 2.45) is 5.92 Å². The molecule has 1 aliphatic rings. The zero-order valence-electron chi connectivity index (χ0n) is 10.9. The van der Waals surface area contributed by atoms with Crippen LogP contribution in [0.25, 0.3) is 10.9 Å². The Balaban J connectivity index is 2.45. The second kappa shape index (κ2) is 3.95. The Bertz CT molecular complexity index is 699. The average molecular weight is 257 g/mol. The van der Waals surface area contributed by atoms with Crippen molar-refractivity contribution in [3.05, 3.63) is 35.5 Å². The van der Waals surface area contributed by atoms with Gasteiger partial charge in [-0.15, -0.1) is 0 Å². The average Bonchev–Trinajstić information content (AvgIpc) is 2.84. The Morgan fingerprint density at radius 2 is 2.05 bits per heavy atom. The number of carbonyl (C=O) groups is 2. The number of rotatable bonds is 1. The molecule has 0 aliphatic heterocycles. The first-order chi connectivity index (χ1) is 9.07. The fraction of sp³-hybridized carbons (Fsp3) is 0.333. The fourth-order valence-electron chi connectivity index (χ4n) is 3.27. The number of benzene rings is 1. The highest BCUT2D eigenvalue weighted by Crippen LogP contribution is 2.44. The van der Waals surface area contributed by atoms with Crippen LogP contribution < -0.4 is 0 Å². The molecular weight excluding hydrogens is 242 g/mol. The Labute approximate surface area is 110 Å². The SMILES string of the molecule is CCC1c2c(c3ccccc3n2C(=O)O)C(=O)C1C. The summed E-state index contributed by atoms with van der Waals surface area (Å²) in [6.07, 6.45) is -0.249. The first-order valence-electron chi connectivity index (χ1n) is 6.48. The van der Waals surface area contributed by atoms with Gasteiger partial charge in [-0.3, -0.25) is 4.79 Å². The zero-order chi connectivity index (χ0) is 13.7. The predicted molar refractivity (Wildman–Crippen MR) is 71.9 cm³/mol. The smallest absolute Gasteiger partial charge is 0.416 e. The molecule has 4 nitrogen and oxygen atoms in total. The number of para-hydroxylation sites is 1. The lowest BCUT2D eigenvalue weighted by Gasteiger charge is -2.15. The van der Waals surface area contributed by atoms with Crippen molar-refractivity contribution < 1.29 is 14.7 Å². The van der Waals surface area contributed by atoms with Gasteiger partial charge in [0.1, 0.15) is 0 Å². The molecule has 1 aromatic carbocycles. The predicted octanol–water partition coefficient (Wildman–Crippen LogP) is 3.49. The molecule has 4 heteroatoms. The number of hydrogen-bond acceptors (Lipinski definition) is 2. The van der Waals surface area contributed by atoms with Crippen LogP contribution in [0, 0.1) is 5.92 Å². The molecule has 2 atom stereocenters. The monoisotopic (exact) mass is 257 g/mol. The summed E-state index contributed by atoms with van der Waals surface area (Å²) in [5, 5.41) is 10.2. The molecule has 98 valence electrons. The van der Waals surface area contributed by atoms with Gasteiger partial charge in [0, 0.05) is 28.5 Å². The quantitative estimate of drug-likeness (QED) is 0.850. The van der Waals surface area contributed by atoms with Crippen molar-refractivity contribution in [2.45, 2.75) is 26.2 Å². The van der Waals surface area contributed by atoms with Gasteiger partial charge in [-0.2, -0.15) is 0 Å². The minimum absolute atomic E-state index is 0.00833. The number of nitrogens with zero attached hydrogens (tertiary/aromatic N) is 1. The molecule has 19 heavy (non-hydrogen) atoms. The van der Waals surface area contributed by atoms with Gasteiger partial charge in [-0.25, -0.2) is 9.36 Å². The van der Waals surface area contributed by atoms with Gasteiger partial charge in [-0.05, 0) is 12.5 Å². The molecule has 3 rings (SSSR count). The maximum absolute atomic E-state index is 12.4. The van der Waals surface area contributed by atoms with Crippen LogP contribution in [0.3, 0.4) is 0 Å². The molecule has 1 aliphatic carbocycles. The van der Waals surface area contributed by atoms with Crippen LogP contribution in [0.1, 0.15) is 42.2 Å².